The van der Waals surface area contributed by atoms with Gasteiger partial charge < -0.3 is 10.2 Å². The number of aromatic amines is 1. The van der Waals surface area contributed by atoms with Gasteiger partial charge in [-0.05, 0) is 24.6 Å². The molecule has 0 amide bonds. The molecule has 0 atom stereocenters. The van der Waals surface area contributed by atoms with Crippen molar-refractivity contribution in [2.75, 3.05) is 0 Å². The third-order valence-electron chi connectivity index (χ3n) is 2.28. The van der Waals surface area contributed by atoms with Crippen molar-refractivity contribution in [2.45, 2.75) is 6.92 Å². The Morgan fingerprint density at radius 2 is 2.20 bits per heavy atom. The largest absolute Gasteiger partial charge is 0.411 e. The van der Waals surface area contributed by atoms with E-state index in [2.05, 4.69) is 16.2 Å². The van der Waals surface area contributed by atoms with Crippen LogP contribution >= 0.6 is 0 Å². The SMILES string of the molecule is CC(C=Cc1c[nH]c2ccccc12)=NO. The molecule has 1 aromatic carbocycles. The maximum Gasteiger partial charge on any atom is 0.0765 e. The predicted molar refractivity (Wildman–Crippen MR) is 62.2 cm³/mol. The maximum atomic E-state index is 8.51. The zero-order chi connectivity index (χ0) is 10.7. The number of aromatic nitrogens is 1. The predicted octanol–water partition coefficient (Wildman–Crippen LogP) is 3.03. The van der Waals surface area contributed by atoms with Gasteiger partial charge in [0.2, 0.25) is 0 Å². The summed E-state index contributed by atoms with van der Waals surface area (Å²) < 4.78 is 0. The second-order valence-corrected chi connectivity index (χ2v) is 3.36. The molecule has 2 rings (SSSR count). The Morgan fingerprint density at radius 1 is 1.40 bits per heavy atom. The molecule has 0 spiro atoms. The maximum absolute atomic E-state index is 8.51. The average Bonchev–Trinajstić information content (AvgIpc) is 2.69. The Morgan fingerprint density at radius 3 is 3.00 bits per heavy atom. The molecular weight excluding hydrogens is 188 g/mol. The molecule has 1 heterocycles. The third-order valence-corrected chi connectivity index (χ3v) is 2.28. The van der Waals surface area contributed by atoms with Crippen molar-refractivity contribution in [3.8, 4) is 0 Å². The fraction of sp³-hybridized carbons (Fsp3) is 0.0833. The van der Waals surface area contributed by atoms with Gasteiger partial charge >= 0.3 is 0 Å². The molecule has 0 saturated carbocycles. The first kappa shape index (κ1) is 9.52. The van der Waals surface area contributed by atoms with E-state index >= 15 is 0 Å². The molecule has 0 aliphatic heterocycles. The summed E-state index contributed by atoms with van der Waals surface area (Å²) in [6, 6.07) is 8.07. The zero-order valence-corrected chi connectivity index (χ0v) is 8.44. The van der Waals surface area contributed by atoms with Gasteiger partial charge in [0.25, 0.3) is 0 Å². The fourth-order valence-corrected chi connectivity index (χ4v) is 1.48. The number of rotatable bonds is 2. The van der Waals surface area contributed by atoms with E-state index in [1.807, 2.05) is 30.5 Å². The van der Waals surface area contributed by atoms with Crippen LogP contribution in [0.1, 0.15) is 12.5 Å². The zero-order valence-electron chi connectivity index (χ0n) is 8.44. The van der Waals surface area contributed by atoms with Gasteiger partial charge in [-0.2, -0.15) is 0 Å². The minimum absolute atomic E-state index is 0.584. The van der Waals surface area contributed by atoms with Crippen LogP contribution in [0.3, 0.4) is 0 Å². The van der Waals surface area contributed by atoms with Gasteiger partial charge in [-0.3, -0.25) is 0 Å². The highest BCUT2D eigenvalue weighted by molar-refractivity contribution is 5.98. The molecule has 0 bridgehead atoms. The summed E-state index contributed by atoms with van der Waals surface area (Å²) in [6.07, 6.45) is 5.63. The minimum Gasteiger partial charge on any atom is -0.411 e. The van der Waals surface area contributed by atoms with E-state index < -0.39 is 0 Å². The van der Waals surface area contributed by atoms with Crippen LogP contribution in [0, 0.1) is 0 Å². The number of nitrogens with zero attached hydrogens (tertiary/aromatic N) is 1. The van der Waals surface area contributed by atoms with Gasteiger partial charge in [0.15, 0.2) is 0 Å². The van der Waals surface area contributed by atoms with Gasteiger partial charge in [-0.25, -0.2) is 0 Å². The van der Waals surface area contributed by atoms with Crippen LogP contribution in [-0.2, 0) is 0 Å². The molecule has 0 fully saturated rings. The lowest BCUT2D eigenvalue weighted by Crippen LogP contribution is -1.81. The summed E-state index contributed by atoms with van der Waals surface area (Å²) in [5, 5.41) is 12.8. The van der Waals surface area contributed by atoms with Crippen molar-refractivity contribution in [3.63, 3.8) is 0 Å². The van der Waals surface area contributed by atoms with Crippen LogP contribution in [0.5, 0.6) is 0 Å². The van der Waals surface area contributed by atoms with Gasteiger partial charge in [0.05, 0.1) is 5.71 Å². The lowest BCUT2D eigenvalue weighted by atomic mass is 10.1. The molecule has 15 heavy (non-hydrogen) atoms. The molecule has 3 nitrogen and oxygen atoms in total. The number of nitrogens with one attached hydrogen (secondary N) is 1. The average molecular weight is 200 g/mol. The summed E-state index contributed by atoms with van der Waals surface area (Å²) in [6.45, 7) is 1.74. The molecule has 0 unspecified atom stereocenters. The number of hydrogen-bond donors (Lipinski definition) is 2. The first-order valence-electron chi connectivity index (χ1n) is 4.74. The van der Waals surface area contributed by atoms with E-state index in [-0.39, 0.29) is 0 Å². The number of fused-ring (bicyclic) bond motifs is 1. The lowest BCUT2D eigenvalue weighted by Gasteiger charge is -1.90. The molecule has 0 aliphatic carbocycles. The topological polar surface area (TPSA) is 48.4 Å². The van der Waals surface area contributed by atoms with Gasteiger partial charge in [-0.1, -0.05) is 29.4 Å². The summed E-state index contributed by atoms with van der Waals surface area (Å²) >= 11 is 0. The van der Waals surface area contributed by atoms with E-state index in [1.165, 1.54) is 5.39 Å². The number of para-hydroxylation sites is 1. The van der Waals surface area contributed by atoms with E-state index in [0.29, 0.717) is 5.71 Å². The molecule has 76 valence electrons. The van der Waals surface area contributed by atoms with Crippen molar-refractivity contribution < 1.29 is 5.21 Å². The molecular formula is C12H12N2O. The number of H-pyrrole nitrogens is 1. The van der Waals surface area contributed by atoms with Crippen molar-refractivity contribution in [1.82, 2.24) is 4.98 Å². The van der Waals surface area contributed by atoms with Crippen molar-refractivity contribution >= 4 is 22.7 Å². The smallest absolute Gasteiger partial charge is 0.0765 e. The van der Waals surface area contributed by atoms with Gasteiger partial charge in [0.1, 0.15) is 0 Å². The summed E-state index contributed by atoms with van der Waals surface area (Å²) in [5.41, 5.74) is 2.78. The first-order chi connectivity index (χ1) is 7.31. The number of hydrogen-bond acceptors (Lipinski definition) is 2. The Kier molecular flexibility index (Phi) is 2.54. The molecule has 3 heteroatoms. The second-order valence-electron chi connectivity index (χ2n) is 3.36. The Labute approximate surface area is 87.7 Å². The highest BCUT2D eigenvalue weighted by atomic mass is 16.4. The quantitative estimate of drug-likeness (QED) is 0.437. The van der Waals surface area contributed by atoms with Crippen molar-refractivity contribution in [3.05, 3.63) is 42.1 Å². The van der Waals surface area contributed by atoms with Crippen molar-refractivity contribution in [2.24, 2.45) is 5.16 Å². The van der Waals surface area contributed by atoms with Crippen LogP contribution in [-0.4, -0.2) is 15.9 Å². The van der Waals surface area contributed by atoms with E-state index in [4.69, 9.17) is 5.21 Å². The fourth-order valence-electron chi connectivity index (χ4n) is 1.48. The van der Waals surface area contributed by atoms with Gasteiger partial charge in [-0.15, -0.1) is 0 Å². The second kappa shape index (κ2) is 4.00. The Hall–Kier alpha value is -2.03. The number of oxime groups is 1. The number of benzene rings is 1. The van der Waals surface area contributed by atoms with Crippen LogP contribution in [0.4, 0.5) is 0 Å². The van der Waals surface area contributed by atoms with Crippen LogP contribution in [0.15, 0.2) is 41.7 Å². The van der Waals surface area contributed by atoms with E-state index in [9.17, 15) is 0 Å². The normalized spacial score (nSPS) is 12.7. The molecule has 2 N–H and O–H groups in total. The molecule has 0 saturated heterocycles. The van der Waals surface area contributed by atoms with Crippen molar-refractivity contribution in [1.29, 1.82) is 0 Å². The van der Waals surface area contributed by atoms with Crippen LogP contribution in [0.2, 0.25) is 0 Å². The van der Waals surface area contributed by atoms with Gasteiger partial charge in [0, 0.05) is 17.1 Å². The number of allylic oxidation sites excluding steroid dienone is 1. The van der Waals surface area contributed by atoms with Crippen LogP contribution < -0.4 is 0 Å². The molecule has 0 aliphatic rings. The Balaban J connectivity index is 2.41. The first-order valence-corrected chi connectivity index (χ1v) is 4.74. The summed E-state index contributed by atoms with van der Waals surface area (Å²) in [4.78, 5) is 3.18. The molecule has 1 aromatic heterocycles. The highest BCUT2D eigenvalue weighted by Gasteiger charge is 1.98. The monoisotopic (exact) mass is 200 g/mol. The Bertz CT molecular complexity index is 523. The van der Waals surface area contributed by atoms with Crippen LogP contribution in [0.25, 0.3) is 17.0 Å². The van der Waals surface area contributed by atoms with E-state index in [0.717, 1.165) is 11.1 Å². The minimum atomic E-state index is 0.584. The molecule has 0 radical (unpaired) electrons. The third kappa shape index (κ3) is 1.91. The summed E-state index contributed by atoms with van der Waals surface area (Å²) in [5.74, 6) is 0. The summed E-state index contributed by atoms with van der Waals surface area (Å²) in [7, 11) is 0. The lowest BCUT2D eigenvalue weighted by molar-refractivity contribution is 0.319. The molecule has 2 aromatic rings. The highest BCUT2D eigenvalue weighted by Crippen LogP contribution is 2.18. The van der Waals surface area contributed by atoms with E-state index in [1.54, 1.807) is 13.0 Å². The standard InChI is InChI=1S/C12H12N2O/c1-9(14-15)6-7-10-8-13-12-5-3-2-4-11(10)12/h2-8,13,15H,1H3.